The van der Waals surface area contributed by atoms with Crippen molar-refractivity contribution in [3.8, 4) is 0 Å². The number of benzene rings is 1. The number of hydrogen-bond donors (Lipinski definition) is 1. The molecule has 28 heavy (non-hydrogen) atoms. The number of nitrogens with zero attached hydrogens (tertiary/aromatic N) is 3. The predicted molar refractivity (Wildman–Crippen MR) is 109 cm³/mol. The third-order valence-electron chi connectivity index (χ3n) is 6.07. The fourth-order valence-corrected chi connectivity index (χ4v) is 4.36. The quantitative estimate of drug-likeness (QED) is 0.763. The Morgan fingerprint density at radius 2 is 1.68 bits per heavy atom. The van der Waals surface area contributed by atoms with Gasteiger partial charge in [0.05, 0.1) is 0 Å². The average Bonchev–Trinajstić information content (AvgIpc) is 2.87. The van der Waals surface area contributed by atoms with Crippen LogP contribution in [0.2, 0.25) is 0 Å². The van der Waals surface area contributed by atoms with E-state index >= 15 is 0 Å². The third kappa shape index (κ3) is 3.57. The SMILES string of the molecule is CCN(CC)c1ccc(NC(=O)CN2C(=O)N(C)C3(CCCCC3)C2=O)cc1. The van der Waals surface area contributed by atoms with E-state index < -0.39 is 5.54 Å². The van der Waals surface area contributed by atoms with Gasteiger partial charge in [-0.15, -0.1) is 0 Å². The number of nitrogens with one attached hydrogen (secondary N) is 1. The molecule has 1 aliphatic heterocycles. The van der Waals surface area contributed by atoms with Crippen molar-refractivity contribution >= 4 is 29.2 Å². The molecule has 0 radical (unpaired) electrons. The van der Waals surface area contributed by atoms with Crippen molar-refractivity contribution in [2.24, 2.45) is 0 Å². The number of likely N-dealkylation sites (N-methyl/N-ethyl adjacent to an activating group) is 1. The maximum absolute atomic E-state index is 13.0. The molecule has 1 aliphatic carbocycles. The van der Waals surface area contributed by atoms with Crippen LogP contribution < -0.4 is 10.2 Å². The summed E-state index contributed by atoms with van der Waals surface area (Å²) in [5.41, 5.74) is 0.996. The van der Waals surface area contributed by atoms with Gasteiger partial charge < -0.3 is 15.1 Å². The van der Waals surface area contributed by atoms with Crippen LogP contribution in [0.15, 0.2) is 24.3 Å². The Labute approximate surface area is 166 Å². The number of urea groups is 1. The zero-order valence-corrected chi connectivity index (χ0v) is 17.0. The molecule has 2 fully saturated rings. The largest absolute Gasteiger partial charge is 0.372 e. The fraction of sp³-hybridized carbons (Fsp3) is 0.571. The van der Waals surface area contributed by atoms with Crippen molar-refractivity contribution in [2.75, 3.05) is 36.9 Å². The zero-order chi connectivity index (χ0) is 20.3. The van der Waals surface area contributed by atoms with Crippen molar-refractivity contribution in [1.29, 1.82) is 0 Å². The molecule has 7 nitrogen and oxygen atoms in total. The van der Waals surface area contributed by atoms with E-state index in [9.17, 15) is 14.4 Å². The summed E-state index contributed by atoms with van der Waals surface area (Å²) in [4.78, 5) is 42.9. The molecule has 1 heterocycles. The van der Waals surface area contributed by atoms with Gasteiger partial charge in [-0.3, -0.25) is 14.5 Å². The van der Waals surface area contributed by atoms with Crippen molar-refractivity contribution in [3.63, 3.8) is 0 Å². The number of carbonyl (C=O) groups excluding carboxylic acids is 3. The molecular formula is C21H30N4O3. The molecule has 1 aromatic rings. The Balaban J connectivity index is 1.64. The molecule has 0 unspecified atom stereocenters. The first-order valence-corrected chi connectivity index (χ1v) is 10.2. The summed E-state index contributed by atoms with van der Waals surface area (Å²) in [5, 5.41) is 2.80. The summed E-state index contributed by atoms with van der Waals surface area (Å²) in [6.07, 6.45) is 4.31. The second kappa shape index (κ2) is 8.20. The van der Waals surface area contributed by atoms with Crippen LogP contribution in [0, 0.1) is 0 Å². The summed E-state index contributed by atoms with van der Waals surface area (Å²) in [6.45, 7) is 5.77. The van der Waals surface area contributed by atoms with Gasteiger partial charge in [0.15, 0.2) is 0 Å². The zero-order valence-electron chi connectivity index (χ0n) is 17.0. The first-order valence-electron chi connectivity index (χ1n) is 10.2. The standard InChI is InChI=1S/C21H30N4O3/c1-4-24(5-2)17-11-9-16(10-12-17)22-18(26)15-25-19(27)21(23(3)20(25)28)13-7-6-8-14-21/h9-12H,4-8,13-15H2,1-3H3,(H,22,26). The predicted octanol–water partition coefficient (Wildman–Crippen LogP) is 3.07. The van der Waals surface area contributed by atoms with E-state index in [0.29, 0.717) is 18.5 Å². The molecule has 152 valence electrons. The van der Waals surface area contributed by atoms with E-state index in [1.54, 1.807) is 11.9 Å². The fourth-order valence-electron chi connectivity index (χ4n) is 4.36. The Morgan fingerprint density at radius 1 is 1.07 bits per heavy atom. The molecule has 1 aromatic carbocycles. The molecular weight excluding hydrogens is 356 g/mol. The minimum atomic E-state index is -0.749. The normalized spacial score (nSPS) is 18.7. The number of imide groups is 1. The molecule has 1 spiro atoms. The molecule has 4 amide bonds. The van der Waals surface area contributed by atoms with Crippen LogP contribution in [-0.4, -0.2) is 59.9 Å². The topological polar surface area (TPSA) is 73.0 Å². The summed E-state index contributed by atoms with van der Waals surface area (Å²) in [7, 11) is 1.68. The first-order chi connectivity index (χ1) is 13.4. The Bertz CT molecular complexity index is 737. The van der Waals surface area contributed by atoms with Gasteiger partial charge in [-0.1, -0.05) is 19.3 Å². The van der Waals surface area contributed by atoms with E-state index in [2.05, 4.69) is 24.1 Å². The summed E-state index contributed by atoms with van der Waals surface area (Å²) < 4.78 is 0. The molecule has 3 rings (SSSR count). The number of rotatable bonds is 6. The van der Waals surface area contributed by atoms with Crippen LogP contribution in [-0.2, 0) is 9.59 Å². The van der Waals surface area contributed by atoms with Crippen LogP contribution in [0.5, 0.6) is 0 Å². The summed E-state index contributed by atoms with van der Waals surface area (Å²) >= 11 is 0. The molecule has 1 saturated carbocycles. The third-order valence-corrected chi connectivity index (χ3v) is 6.07. The summed E-state index contributed by atoms with van der Waals surface area (Å²) in [6, 6.07) is 7.22. The van der Waals surface area contributed by atoms with E-state index in [0.717, 1.165) is 42.9 Å². The summed E-state index contributed by atoms with van der Waals surface area (Å²) in [5.74, 6) is -0.592. The van der Waals surface area contributed by atoms with E-state index in [4.69, 9.17) is 0 Å². The molecule has 0 aromatic heterocycles. The highest BCUT2D eigenvalue weighted by atomic mass is 16.2. The van der Waals surface area contributed by atoms with Gasteiger partial charge in [-0.2, -0.15) is 0 Å². The lowest BCUT2D eigenvalue weighted by Gasteiger charge is -2.35. The number of hydrogen-bond acceptors (Lipinski definition) is 4. The van der Waals surface area contributed by atoms with E-state index in [-0.39, 0.29) is 24.4 Å². The Morgan fingerprint density at radius 3 is 2.25 bits per heavy atom. The van der Waals surface area contributed by atoms with E-state index in [1.807, 2.05) is 24.3 Å². The lowest BCUT2D eigenvalue weighted by Crippen LogP contribution is -2.49. The molecule has 2 aliphatic rings. The lowest BCUT2D eigenvalue weighted by molar-refractivity contribution is -0.136. The smallest absolute Gasteiger partial charge is 0.327 e. The number of amides is 4. The maximum atomic E-state index is 13.0. The van der Waals surface area contributed by atoms with Crippen LogP contribution in [0.4, 0.5) is 16.2 Å². The molecule has 7 heteroatoms. The Kier molecular flexibility index (Phi) is 5.91. The number of carbonyl (C=O) groups is 3. The van der Waals surface area contributed by atoms with Gasteiger partial charge in [-0.05, 0) is 51.0 Å². The second-order valence-electron chi connectivity index (χ2n) is 7.59. The van der Waals surface area contributed by atoms with Gasteiger partial charge in [0, 0.05) is 31.5 Å². The highest BCUT2D eigenvalue weighted by Crippen LogP contribution is 2.39. The minimum Gasteiger partial charge on any atom is -0.372 e. The molecule has 1 N–H and O–H groups in total. The van der Waals surface area contributed by atoms with Crippen LogP contribution in [0.3, 0.4) is 0 Å². The van der Waals surface area contributed by atoms with Crippen LogP contribution in [0.1, 0.15) is 46.0 Å². The second-order valence-corrected chi connectivity index (χ2v) is 7.59. The number of anilines is 2. The van der Waals surface area contributed by atoms with Crippen LogP contribution in [0.25, 0.3) is 0 Å². The maximum Gasteiger partial charge on any atom is 0.327 e. The monoisotopic (exact) mass is 386 g/mol. The van der Waals surface area contributed by atoms with Gasteiger partial charge in [-0.25, -0.2) is 4.79 Å². The van der Waals surface area contributed by atoms with Crippen molar-refractivity contribution in [2.45, 2.75) is 51.5 Å². The van der Waals surface area contributed by atoms with Gasteiger partial charge in [0.25, 0.3) is 5.91 Å². The van der Waals surface area contributed by atoms with Crippen molar-refractivity contribution in [3.05, 3.63) is 24.3 Å². The van der Waals surface area contributed by atoms with Crippen molar-refractivity contribution in [1.82, 2.24) is 9.80 Å². The average molecular weight is 386 g/mol. The van der Waals surface area contributed by atoms with Gasteiger partial charge in [0.2, 0.25) is 5.91 Å². The highest BCUT2D eigenvalue weighted by molar-refractivity contribution is 6.10. The van der Waals surface area contributed by atoms with E-state index in [1.165, 1.54) is 0 Å². The lowest BCUT2D eigenvalue weighted by atomic mass is 9.81. The minimum absolute atomic E-state index is 0.230. The molecule has 0 bridgehead atoms. The van der Waals surface area contributed by atoms with Gasteiger partial charge in [0.1, 0.15) is 12.1 Å². The molecule has 0 atom stereocenters. The molecule has 1 saturated heterocycles. The Hall–Kier alpha value is -2.57. The van der Waals surface area contributed by atoms with Crippen molar-refractivity contribution < 1.29 is 14.4 Å². The van der Waals surface area contributed by atoms with Gasteiger partial charge >= 0.3 is 6.03 Å². The van der Waals surface area contributed by atoms with Crippen LogP contribution >= 0.6 is 0 Å². The highest BCUT2D eigenvalue weighted by Gasteiger charge is 2.55. The first kappa shape index (κ1) is 20.2.